The number of imidazole rings is 1. The summed E-state index contributed by atoms with van der Waals surface area (Å²) in [4.78, 5) is 43.1. The van der Waals surface area contributed by atoms with Crippen molar-refractivity contribution in [1.29, 1.82) is 0 Å². The first-order valence-electron chi connectivity index (χ1n) is 8.32. The van der Waals surface area contributed by atoms with Crippen molar-refractivity contribution in [2.45, 2.75) is 13.1 Å². The number of aromatic nitrogens is 4. The van der Waals surface area contributed by atoms with Crippen molar-refractivity contribution in [3.05, 3.63) is 51.3 Å². The summed E-state index contributed by atoms with van der Waals surface area (Å²) in [7, 11) is 4.49. The predicted molar refractivity (Wildman–Crippen MR) is 96.2 cm³/mol. The van der Waals surface area contributed by atoms with Gasteiger partial charge in [-0.1, -0.05) is 0 Å². The average Bonchev–Trinajstić information content (AvgIpc) is 3.31. The van der Waals surface area contributed by atoms with E-state index < -0.39 is 11.2 Å². The highest BCUT2D eigenvalue weighted by atomic mass is 16.5. The SMILES string of the molecule is COCCN(Cc1ccoc1)C(=O)Cn1cnc2c1c(=O)n(C)c(=O)n2C. The average molecular weight is 375 g/mol. The minimum Gasteiger partial charge on any atom is -0.472 e. The number of ether oxygens (including phenoxy) is 1. The van der Waals surface area contributed by atoms with Crippen LogP contribution in [-0.4, -0.2) is 49.8 Å². The van der Waals surface area contributed by atoms with Gasteiger partial charge in [-0.05, 0) is 6.07 Å². The summed E-state index contributed by atoms with van der Waals surface area (Å²) in [6.07, 6.45) is 4.52. The van der Waals surface area contributed by atoms with Gasteiger partial charge in [-0.2, -0.15) is 0 Å². The molecule has 0 spiro atoms. The van der Waals surface area contributed by atoms with Gasteiger partial charge in [-0.3, -0.25) is 18.7 Å². The Hall–Kier alpha value is -3.14. The molecule has 0 aliphatic rings. The number of fused-ring (bicyclic) bond motifs is 1. The first-order chi connectivity index (χ1) is 12.9. The van der Waals surface area contributed by atoms with Gasteiger partial charge in [0.15, 0.2) is 11.2 Å². The number of carbonyl (C=O) groups excluding carboxylic acids is 1. The van der Waals surface area contributed by atoms with Gasteiger partial charge < -0.3 is 18.6 Å². The molecule has 27 heavy (non-hydrogen) atoms. The zero-order valence-electron chi connectivity index (χ0n) is 15.4. The van der Waals surface area contributed by atoms with E-state index in [1.807, 2.05) is 0 Å². The fourth-order valence-corrected chi connectivity index (χ4v) is 2.86. The summed E-state index contributed by atoms with van der Waals surface area (Å²) in [5.74, 6) is -0.205. The number of carbonyl (C=O) groups is 1. The van der Waals surface area contributed by atoms with Gasteiger partial charge in [0, 0.05) is 39.9 Å². The molecule has 0 atom stereocenters. The fraction of sp³-hybridized carbons (Fsp3) is 0.412. The molecule has 0 N–H and O–H groups in total. The van der Waals surface area contributed by atoms with Crippen LogP contribution in [0.2, 0.25) is 0 Å². The molecular formula is C17H21N5O5. The van der Waals surface area contributed by atoms with Crippen molar-refractivity contribution >= 4 is 17.1 Å². The second-order valence-electron chi connectivity index (χ2n) is 6.19. The molecule has 1 amide bonds. The molecule has 3 heterocycles. The molecule has 0 saturated heterocycles. The molecular weight excluding hydrogens is 354 g/mol. The van der Waals surface area contributed by atoms with Crippen molar-refractivity contribution in [2.24, 2.45) is 14.1 Å². The van der Waals surface area contributed by atoms with Gasteiger partial charge in [-0.15, -0.1) is 0 Å². The molecule has 0 aliphatic carbocycles. The normalized spacial score (nSPS) is 11.2. The largest absolute Gasteiger partial charge is 0.472 e. The van der Waals surface area contributed by atoms with E-state index in [1.165, 1.54) is 29.6 Å². The van der Waals surface area contributed by atoms with E-state index in [4.69, 9.17) is 9.15 Å². The third-order valence-electron chi connectivity index (χ3n) is 4.39. The minimum atomic E-state index is -0.489. The molecule has 3 aromatic heterocycles. The number of rotatable bonds is 7. The van der Waals surface area contributed by atoms with Crippen LogP contribution < -0.4 is 11.2 Å². The summed E-state index contributed by atoms with van der Waals surface area (Å²) < 4.78 is 13.9. The lowest BCUT2D eigenvalue weighted by molar-refractivity contribution is -0.133. The van der Waals surface area contributed by atoms with Crippen LogP contribution in [0.4, 0.5) is 0 Å². The van der Waals surface area contributed by atoms with Crippen LogP contribution in [0, 0.1) is 0 Å². The predicted octanol–water partition coefficient (Wildman–Crippen LogP) is -0.298. The Morgan fingerprint density at radius 3 is 2.74 bits per heavy atom. The Morgan fingerprint density at radius 2 is 2.07 bits per heavy atom. The third kappa shape index (κ3) is 3.56. The van der Waals surface area contributed by atoms with Crippen molar-refractivity contribution < 1.29 is 13.9 Å². The Kier molecular flexibility index (Phi) is 5.26. The van der Waals surface area contributed by atoms with E-state index in [2.05, 4.69) is 4.98 Å². The number of nitrogens with zero attached hydrogens (tertiary/aromatic N) is 5. The quantitative estimate of drug-likeness (QED) is 0.562. The smallest absolute Gasteiger partial charge is 0.332 e. The van der Waals surface area contributed by atoms with E-state index in [-0.39, 0.29) is 23.6 Å². The van der Waals surface area contributed by atoms with Crippen LogP contribution in [0.25, 0.3) is 11.2 Å². The zero-order chi connectivity index (χ0) is 19.6. The Labute approximate surface area is 154 Å². The first kappa shape index (κ1) is 18.6. The molecule has 3 rings (SSSR count). The van der Waals surface area contributed by atoms with Gasteiger partial charge >= 0.3 is 5.69 Å². The van der Waals surface area contributed by atoms with Crippen molar-refractivity contribution in [1.82, 2.24) is 23.6 Å². The maximum atomic E-state index is 12.8. The zero-order valence-corrected chi connectivity index (χ0v) is 15.4. The lowest BCUT2D eigenvalue weighted by atomic mass is 10.3. The van der Waals surface area contributed by atoms with Crippen molar-refractivity contribution in [2.75, 3.05) is 20.3 Å². The highest BCUT2D eigenvalue weighted by molar-refractivity contribution is 5.79. The van der Waals surface area contributed by atoms with Crippen molar-refractivity contribution in [3.63, 3.8) is 0 Å². The van der Waals surface area contributed by atoms with E-state index in [9.17, 15) is 14.4 Å². The topological polar surface area (TPSA) is 104 Å². The van der Waals surface area contributed by atoms with Crippen LogP contribution in [0.15, 0.2) is 38.9 Å². The lowest BCUT2D eigenvalue weighted by Crippen LogP contribution is -2.39. The van der Waals surface area contributed by atoms with Crippen LogP contribution in [0.5, 0.6) is 0 Å². The van der Waals surface area contributed by atoms with Gasteiger partial charge in [0.25, 0.3) is 5.56 Å². The summed E-state index contributed by atoms with van der Waals surface area (Å²) in [5, 5.41) is 0. The number of aryl methyl sites for hydroxylation is 1. The molecule has 10 nitrogen and oxygen atoms in total. The highest BCUT2D eigenvalue weighted by Gasteiger charge is 2.19. The van der Waals surface area contributed by atoms with Gasteiger partial charge in [-0.25, -0.2) is 9.78 Å². The summed E-state index contributed by atoms with van der Waals surface area (Å²) in [5.41, 5.74) is 0.354. The molecule has 0 bridgehead atoms. The Balaban J connectivity index is 1.91. The Bertz CT molecular complexity index is 1060. The highest BCUT2D eigenvalue weighted by Crippen LogP contribution is 2.09. The van der Waals surface area contributed by atoms with Crippen LogP contribution in [0.1, 0.15) is 5.56 Å². The van der Waals surface area contributed by atoms with Gasteiger partial charge in [0.2, 0.25) is 5.91 Å². The van der Waals surface area contributed by atoms with E-state index in [0.717, 1.165) is 10.1 Å². The number of hydrogen-bond acceptors (Lipinski definition) is 6. The molecule has 0 aromatic carbocycles. The fourth-order valence-electron chi connectivity index (χ4n) is 2.86. The minimum absolute atomic E-state index is 0.0779. The van der Waals surface area contributed by atoms with E-state index in [0.29, 0.717) is 19.7 Å². The van der Waals surface area contributed by atoms with Crippen LogP contribution >= 0.6 is 0 Å². The third-order valence-corrected chi connectivity index (χ3v) is 4.39. The molecule has 3 aromatic rings. The summed E-state index contributed by atoms with van der Waals surface area (Å²) >= 11 is 0. The van der Waals surface area contributed by atoms with Gasteiger partial charge in [0.1, 0.15) is 6.54 Å². The Morgan fingerprint density at radius 1 is 1.30 bits per heavy atom. The molecule has 0 unspecified atom stereocenters. The summed E-state index contributed by atoms with van der Waals surface area (Å²) in [6.45, 7) is 1.06. The number of furan rings is 1. The second-order valence-corrected chi connectivity index (χ2v) is 6.19. The lowest BCUT2D eigenvalue weighted by Gasteiger charge is -2.22. The van der Waals surface area contributed by atoms with E-state index in [1.54, 1.807) is 30.6 Å². The molecule has 0 fully saturated rings. The van der Waals surface area contributed by atoms with Crippen LogP contribution in [-0.2, 0) is 36.7 Å². The molecule has 10 heteroatoms. The first-order valence-corrected chi connectivity index (χ1v) is 8.32. The van der Waals surface area contributed by atoms with E-state index >= 15 is 0 Å². The van der Waals surface area contributed by atoms with Crippen molar-refractivity contribution in [3.8, 4) is 0 Å². The molecule has 144 valence electrons. The molecule has 0 radical (unpaired) electrons. The number of amides is 1. The standard InChI is InChI=1S/C17H21N5O5/c1-19-15-14(16(24)20(2)17(19)25)22(11-18-15)9-13(23)21(5-7-26-3)8-12-4-6-27-10-12/h4,6,10-11H,5,7-9H2,1-3H3. The monoisotopic (exact) mass is 375 g/mol. The second kappa shape index (κ2) is 7.62. The number of hydrogen-bond donors (Lipinski definition) is 0. The van der Waals surface area contributed by atoms with Gasteiger partial charge in [0.05, 0.1) is 25.5 Å². The van der Waals surface area contributed by atoms with Crippen LogP contribution in [0.3, 0.4) is 0 Å². The maximum absolute atomic E-state index is 12.8. The molecule has 0 aliphatic heterocycles. The molecule has 0 saturated carbocycles. The number of methoxy groups -OCH3 is 1. The summed E-state index contributed by atoms with van der Waals surface area (Å²) in [6, 6.07) is 1.78. The maximum Gasteiger partial charge on any atom is 0.332 e.